The first kappa shape index (κ1) is 14.7. The highest BCUT2D eigenvalue weighted by molar-refractivity contribution is 5.84. The van der Waals surface area contributed by atoms with Crippen LogP contribution in [0.1, 0.15) is 26.7 Å². The first-order valence-corrected chi connectivity index (χ1v) is 7.10. The number of nitrogens with one attached hydrogen (secondary N) is 2. The Labute approximate surface area is 119 Å². The van der Waals surface area contributed by atoms with Crippen molar-refractivity contribution in [1.82, 2.24) is 0 Å². The normalized spacial score (nSPS) is 21.5. The zero-order chi connectivity index (χ0) is 14.4. The monoisotopic (exact) mass is 278 g/mol. The number of rotatable bonds is 5. The van der Waals surface area contributed by atoms with Crippen molar-refractivity contribution >= 4 is 17.5 Å². The summed E-state index contributed by atoms with van der Waals surface area (Å²) < 4.78 is 10.6. The molecule has 0 spiro atoms. The van der Waals surface area contributed by atoms with E-state index in [9.17, 15) is 4.79 Å². The molecule has 2 unspecified atom stereocenters. The van der Waals surface area contributed by atoms with E-state index in [1.807, 2.05) is 24.3 Å². The van der Waals surface area contributed by atoms with Crippen molar-refractivity contribution in [2.45, 2.75) is 38.9 Å². The van der Waals surface area contributed by atoms with Crippen LogP contribution < -0.4 is 10.6 Å². The van der Waals surface area contributed by atoms with Crippen LogP contribution in [-0.4, -0.2) is 31.5 Å². The van der Waals surface area contributed by atoms with Crippen molar-refractivity contribution in [3.63, 3.8) is 0 Å². The molecular weight excluding hydrogens is 256 g/mol. The third kappa shape index (κ3) is 4.42. The number of hydrogen-bond acceptors (Lipinski definition) is 4. The number of anilines is 2. The largest absolute Gasteiger partial charge is 0.450 e. The number of amides is 1. The number of carbonyl (C=O) groups excluding carboxylic acids is 1. The fourth-order valence-electron chi connectivity index (χ4n) is 2.22. The number of benzene rings is 1. The predicted octanol–water partition coefficient (Wildman–Crippen LogP) is 3.23. The zero-order valence-corrected chi connectivity index (χ0v) is 12.0. The van der Waals surface area contributed by atoms with E-state index in [0.717, 1.165) is 30.8 Å². The molecule has 1 saturated heterocycles. The minimum absolute atomic E-state index is 0.294. The molecule has 0 aliphatic carbocycles. The molecule has 1 aliphatic rings. The van der Waals surface area contributed by atoms with Gasteiger partial charge in [-0.25, -0.2) is 4.79 Å². The van der Waals surface area contributed by atoms with Crippen molar-refractivity contribution in [3.8, 4) is 0 Å². The van der Waals surface area contributed by atoms with Crippen molar-refractivity contribution in [3.05, 3.63) is 24.3 Å². The lowest BCUT2D eigenvalue weighted by Crippen LogP contribution is -2.19. The van der Waals surface area contributed by atoms with Gasteiger partial charge < -0.3 is 14.8 Å². The minimum atomic E-state index is -0.429. The van der Waals surface area contributed by atoms with Crippen LogP contribution >= 0.6 is 0 Å². The smallest absolute Gasteiger partial charge is 0.411 e. The third-order valence-corrected chi connectivity index (χ3v) is 3.26. The van der Waals surface area contributed by atoms with Gasteiger partial charge in [0.2, 0.25) is 0 Å². The van der Waals surface area contributed by atoms with Gasteiger partial charge in [0.05, 0.1) is 18.8 Å². The SMILES string of the molecule is CCOC(=O)Nc1ccc(NCC2CCC(C)O2)cc1. The Morgan fingerprint density at radius 2 is 2.00 bits per heavy atom. The predicted molar refractivity (Wildman–Crippen MR) is 79.1 cm³/mol. The Bertz CT molecular complexity index is 433. The van der Waals surface area contributed by atoms with E-state index in [-0.39, 0.29) is 0 Å². The highest BCUT2D eigenvalue weighted by Gasteiger charge is 2.21. The molecule has 0 bridgehead atoms. The van der Waals surface area contributed by atoms with Gasteiger partial charge in [0, 0.05) is 17.9 Å². The van der Waals surface area contributed by atoms with Gasteiger partial charge in [-0.1, -0.05) is 0 Å². The summed E-state index contributed by atoms with van der Waals surface area (Å²) in [5, 5.41) is 6.00. The molecule has 2 rings (SSSR count). The molecule has 110 valence electrons. The van der Waals surface area contributed by atoms with Crippen molar-refractivity contribution < 1.29 is 14.3 Å². The second kappa shape index (κ2) is 7.14. The summed E-state index contributed by atoms with van der Waals surface area (Å²) in [4.78, 5) is 11.3. The molecule has 0 aromatic heterocycles. The van der Waals surface area contributed by atoms with Gasteiger partial charge in [0.15, 0.2) is 0 Å². The molecule has 2 atom stereocenters. The van der Waals surface area contributed by atoms with E-state index < -0.39 is 6.09 Å². The second-order valence-corrected chi connectivity index (χ2v) is 4.95. The lowest BCUT2D eigenvalue weighted by Gasteiger charge is -2.13. The fourth-order valence-corrected chi connectivity index (χ4v) is 2.22. The van der Waals surface area contributed by atoms with E-state index in [0.29, 0.717) is 18.8 Å². The quantitative estimate of drug-likeness (QED) is 0.868. The molecule has 5 heteroatoms. The van der Waals surface area contributed by atoms with Crippen LogP contribution in [0.15, 0.2) is 24.3 Å². The molecule has 0 saturated carbocycles. The molecule has 5 nitrogen and oxygen atoms in total. The molecule has 2 N–H and O–H groups in total. The van der Waals surface area contributed by atoms with Gasteiger partial charge >= 0.3 is 6.09 Å². The summed E-state index contributed by atoms with van der Waals surface area (Å²) >= 11 is 0. The lowest BCUT2D eigenvalue weighted by molar-refractivity contribution is 0.0637. The third-order valence-electron chi connectivity index (χ3n) is 3.26. The van der Waals surface area contributed by atoms with E-state index in [4.69, 9.17) is 9.47 Å². The maximum atomic E-state index is 11.3. The van der Waals surface area contributed by atoms with Crippen LogP contribution in [0, 0.1) is 0 Å². The van der Waals surface area contributed by atoms with Crippen molar-refractivity contribution in [1.29, 1.82) is 0 Å². The van der Waals surface area contributed by atoms with Gasteiger partial charge in [-0.2, -0.15) is 0 Å². The van der Waals surface area contributed by atoms with Gasteiger partial charge in [-0.15, -0.1) is 0 Å². The maximum Gasteiger partial charge on any atom is 0.411 e. The number of hydrogen-bond donors (Lipinski definition) is 2. The zero-order valence-electron chi connectivity index (χ0n) is 12.0. The lowest BCUT2D eigenvalue weighted by atomic mass is 10.2. The molecule has 1 heterocycles. The van der Waals surface area contributed by atoms with Crippen molar-refractivity contribution in [2.75, 3.05) is 23.8 Å². The summed E-state index contributed by atoms with van der Waals surface area (Å²) in [6, 6.07) is 7.55. The van der Waals surface area contributed by atoms with Gasteiger partial charge in [-0.3, -0.25) is 5.32 Å². The molecular formula is C15H22N2O3. The fraction of sp³-hybridized carbons (Fsp3) is 0.533. The first-order valence-electron chi connectivity index (χ1n) is 7.10. The molecule has 1 aromatic rings. The Morgan fingerprint density at radius 3 is 2.60 bits per heavy atom. The standard InChI is InChI=1S/C15H22N2O3/c1-3-19-15(18)17-13-7-5-12(6-8-13)16-10-14-9-4-11(2)20-14/h5-8,11,14,16H,3-4,9-10H2,1-2H3,(H,17,18). The Morgan fingerprint density at radius 1 is 1.30 bits per heavy atom. The molecule has 0 radical (unpaired) electrons. The summed E-state index contributed by atoms with van der Waals surface area (Å²) in [7, 11) is 0. The average Bonchev–Trinajstić information content (AvgIpc) is 2.84. The van der Waals surface area contributed by atoms with E-state index >= 15 is 0 Å². The number of carbonyl (C=O) groups is 1. The molecule has 1 aliphatic heterocycles. The van der Waals surface area contributed by atoms with Gasteiger partial charge in [0.25, 0.3) is 0 Å². The van der Waals surface area contributed by atoms with Crippen LogP contribution in [0.25, 0.3) is 0 Å². The Kier molecular flexibility index (Phi) is 5.24. The Balaban J connectivity index is 1.78. The summed E-state index contributed by atoms with van der Waals surface area (Å²) in [6.45, 7) is 5.06. The average molecular weight is 278 g/mol. The van der Waals surface area contributed by atoms with Crippen LogP contribution in [0.4, 0.5) is 16.2 Å². The Hall–Kier alpha value is -1.75. The maximum absolute atomic E-state index is 11.3. The number of ether oxygens (including phenoxy) is 2. The summed E-state index contributed by atoms with van der Waals surface area (Å²) in [5.41, 5.74) is 1.74. The van der Waals surface area contributed by atoms with E-state index in [1.54, 1.807) is 6.92 Å². The molecule has 1 amide bonds. The minimum Gasteiger partial charge on any atom is -0.450 e. The van der Waals surface area contributed by atoms with Crippen LogP contribution in [-0.2, 0) is 9.47 Å². The highest BCUT2D eigenvalue weighted by Crippen LogP contribution is 2.20. The first-order chi connectivity index (χ1) is 9.67. The van der Waals surface area contributed by atoms with Gasteiger partial charge in [-0.05, 0) is 51.0 Å². The van der Waals surface area contributed by atoms with Crippen molar-refractivity contribution in [2.24, 2.45) is 0 Å². The molecule has 1 aromatic carbocycles. The molecule has 1 fully saturated rings. The molecule has 20 heavy (non-hydrogen) atoms. The van der Waals surface area contributed by atoms with Crippen LogP contribution in [0.5, 0.6) is 0 Å². The second-order valence-electron chi connectivity index (χ2n) is 4.95. The van der Waals surface area contributed by atoms with Crippen LogP contribution in [0.2, 0.25) is 0 Å². The topological polar surface area (TPSA) is 59.6 Å². The van der Waals surface area contributed by atoms with E-state index in [1.165, 1.54) is 0 Å². The van der Waals surface area contributed by atoms with E-state index in [2.05, 4.69) is 17.6 Å². The summed E-state index contributed by atoms with van der Waals surface area (Å²) in [5.74, 6) is 0. The summed E-state index contributed by atoms with van der Waals surface area (Å²) in [6.07, 6.45) is 2.48. The van der Waals surface area contributed by atoms with Gasteiger partial charge in [0.1, 0.15) is 0 Å². The highest BCUT2D eigenvalue weighted by atomic mass is 16.5. The van der Waals surface area contributed by atoms with Crippen LogP contribution in [0.3, 0.4) is 0 Å².